The number of hydrogen-bond acceptors (Lipinski definition) is 8. The van der Waals surface area contributed by atoms with Gasteiger partial charge in [-0.1, -0.05) is 0 Å². The zero-order valence-electron chi connectivity index (χ0n) is 17.9. The van der Waals surface area contributed by atoms with E-state index in [0.717, 1.165) is 0 Å². The smallest absolute Gasteiger partial charge is 0.328 e. The van der Waals surface area contributed by atoms with Gasteiger partial charge in [-0.3, -0.25) is 9.59 Å². The largest absolute Gasteiger partial charge is 0.595 e. The Morgan fingerprint density at radius 3 is 1.82 bits per heavy atom. The zero-order chi connectivity index (χ0) is 24.4. The van der Waals surface area contributed by atoms with Crippen LogP contribution in [0.5, 0.6) is 0 Å². The molecule has 0 aliphatic carbocycles. The number of amides is 2. The number of unbranched alkanes of at least 4 members (excludes halogenated alkanes) is 1. The molecular formula is C21H26N4O8. The Hall–Kier alpha value is -3.39. The quantitative estimate of drug-likeness (QED) is 0.145. The van der Waals surface area contributed by atoms with Crippen LogP contribution >= 0.6 is 0 Å². The molecular weight excluding hydrogens is 436 g/mol. The predicted molar refractivity (Wildman–Crippen MR) is 114 cm³/mol. The van der Waals surface area contributed by atoms with Crippen LogP contribution in [0.2, 0.25) is 0 Å². The first-order chi connectivity index (χ1) is 15.7. The highest BCUT2D eigenvalue weighted by atomic mass is 16.8. The van der Waals surface area contributed by atoms with E-state index in [4.69, 9.17) is 15.2 Å². The fraction of sp³-hybridized carbons (Fsp3) is 0.286. The second-order valence-electron chi connectivity index (χ2n) is 7.07. The van der Waals surface area contributed by atoms with Gasteiger partial charge in [0, 0.05) is 41.9 Å². The minimum Gasteiger partial charge on any atom is -0.595 e. The number of esters is 1. The standard InChI is InChI=1S/C21H26N4O8/c1-33-21(28)18(23-20(27)15-7-11-17(12-8-15)25(31)32)4-2-3-13-22-19(26)14-5-9-16(10-6-14)24(29)30/h5-12,18,24-25,29,31H,2-4,13H2,1H3,(H,22,26)(H,23,27)/t18-/m1/s1. The molecule has 2 unspecified atom stereocenters. The fourth-order valence-corrected chi connectivity index (χ4v) is 2.94. The summed E-state index contributed by atoms with van der Waals surface area (Å²) in [6.45, 7) is 0.317. The summed E-state index contributed by atoms with van der Waals surface area (Å²) in [6.07, 6.45) is 1.29. The molecule has 12 heteroatoms. The third-order valence-corrected chi connectivity index (χ3v) is 4.78. The monoisotopic (exact) mass is 462 g/mol. The van der Waals surface area contributed by atoms with Gasteiger partial charge in [0.25, 0.3) is 11.8 Å². The maximum Gasteiger partial charge on any atom is 0.328 e. The molecule has 0 saturated heterocycles. The van der Waals surface area contributed by atoms with Crippen LogP contribution in [0.25, 0.3) is 0 Å². The average Bonchev–Trinajstić information content (AvgIpc) is 2.82. The molecule has 0 aromatic heterocycles. The van der Waals surface area contributed by atoms with Crippen LogP contribution in [-0.2, 0) is 9.53 Å². The molecule has 6 N–H and O–H groups in total. The van der Waals surface area contributed by atoms with Crippen LogP contribution in [-0.4, -0.2) is 47.9 Å². The van der Waals surface area contributed by atoms with Gasteiger partial charge in [0.1, 0.15) is 6.04 Å². The van der Waals surface area contributed by atoms with Crippen molar-refractivity contribution in [3.05, 3.63) is 70.1 Å². The molecule has 0 radical (unpaired) electrons. The van der Waals surface area contributed by atoms with E-state index in [0.29, 0.717) is 24.9 Å². The van der Waals surface area contributed by atoms with Crippen molar-refractivity contribution in [3.8, 4) is 0 Å². The summed E-state index contributed by atoms with van der Waals surface area (Å²) < 4.78 is 4.74. The normalized spacial score (nSPS) is 13.5. The molecule has 12 nitrogen and oxygen atoms in total. The van der Waals surface area contributed by atoms with E-state index in [1.807, 2.05) is 0 Å². The van der Waals surface area contributed by atoms with Gasteiger partial charge in [-0.05, 0) is 43.5 Å². The Morgan fingerprint density at radius 1 is 0.879 bits per heavy atom. The number of carbonyl (C=O) groups is 3. The molecule has 178 valence electrons. The summed E-state index contributed by atoms with van der Waals surface area (Å²) >= 11 is 0. The Balaban J connectivity index is 1.81. The average molecular weight is 462 g/mol. The second kappa shape index (κ2) is 12.6. The van der Waals surface area contributed by atoms with Crippen LogP contribution in [0, 0.1) is 10.4 Å². The number of carbonyl (C=O) groups excluding carboxylic acids is 3. The topological polar surface area (TPSA) is 180 Å². The van der Waals surface area contributed by atoms with Gasteiger partial charge < -0.3 is 25.8 Å². The van der Waals surface area contributed by atoms with Crippen molar-refractivity contribution < 1.29 is 40.0 Å². The number of rotatable bonds is 11. The minimum absolute atomic E-state index is 0.0379. The summed E-state index contributed by atoms with van der Waals surface area (Å²) in [5.74, 6) is -1.51. The summed E-state index contributed by atoms with van der Waals surface area (Å²) in [7, 11) is 1.21. The molecule has 3 atom stereocenters. The lowest BCUT2D eigenvalue weighted by Gasteiger charge is -2.17. The van der Waals surface area contributed by atoms with Crippen molar-refractivity contribution in [2.45, 2.75) is 25.3 Å². The van der Waals surface area contributed by atoms with E-state index < -0.39 is 28.4 Å². The van der Waals surface area contributed by atoms with Gasteiger partial charge >= 0.3 is 5.97 Å². The number of methoxy groups -OCH3 is 1. The van der Waals surface area contributed by atoms with Gasteiger partial charge in [-0.15, -0.1) is 0 Å². The highest BCUT2D eigenvalue weighted by Crippen LogP contribution is 2.09. The van der Waals surface area contributed by atoms with Crippen LogP contribution in [0.15, 0.2) is 48.5 Å². The Labute approximate surface area is 189 Å². The molecule has 0 fully saturated rings. The van der Waals surface area contributed by atoms with Crippen LogP contribution < -0.4 is 21.1 Å². The molecule has 2 aromatic rings. The number of ether oxygens (including phenoxy) is 1. The summed E-state index contributed by atoms with van der Waals surface area (Å²) in [4.78, 5) is 36.5. The van der Waals surface area contributed by atoms with Gasteiger partial charge in [0.05, 0.1) is 7.11 Å². The highest BCUT2D eigenvalue weighted by molar-refractivity contribution is 5.97. The predicted octanol–water partition coefficient (Wildman–Crippen LogP) is -0.635. The van der Waals surface area contributed by atoms with Gasteiger partial charge in [-0.25, -0.2) is 15.2 Å². The molecule has 0 spiro atoms. The third kappa shape index (κ3) is 7.91. The lowest BCUT2D eigenvalue weighted by atomic mass is 10.1. The van der Waals surface area contributed by atoms with E-state index >= 15 is 0 Å². The van der Waals surface area contributed by atoms with Crippen molar-refractivity contribution in [1.82, 2.24) is 10.6 Å². The van der Waals surface area contributed by atoms with Crippen molar-refractivity contribution in [2.24, 2.45) is 0 Å². The maximum atomic E-state index is 12.4. The molecule has 0 aliphatic heterocycles. The Kier molecular flexibility index (Phi) is 9.87. The molecule has 0 heterocycles. The number of benzene rings is 2. The maximum absolute atomic E-state index is 12.4. The van der Waals surface area contributed by atoms with Gasteiger partial charge in [0.15, 0.2) is 11.4 Å². The number of quaternary nitrogens is 2. The van der Waals surface area contributed by atoms with Crippen molar-refractivity contribution >= 4 is 29.2 Å². The number of hydrogen-bond donors (Lipinski definition) is 6. The Morgan fingerprint density at radius 2 is 1.36 bits per heavy atom. The van der Waals surface area contributed by atoms with E-state index in [1.54, 1.807) is 0 Å². The van der Waals surface area contributed by atoms with Gasteiger partial charge in [0.2, 0.25) is 0 Å². The molecule has 0 saturated carbocycles. The third-order valence-electron chi connectivity index (χ3n) is 4.78. The zero-order valence-corrected chi connectivity index (χ0v) is 17.9. The molecule has 33 heavy (non-hydrogen) atoms. The SMILES string of the molecule is COC(=O)[C@@H](CCCCNC(=O)c1ccc([NH+]([O-])O)cc1)NC(=O)c1ccc([NH+]([O-])O)cc1. The van der Waals surface area contributed by atoms with Crippen LogP contribution in [0.1, 0.15) is 40.0 Å². The number of nitrogens with one attached hydrogen (secondary N) is 4. The first-order valence-electron chi connectivity index (χ1n) is 10.1. The molecule has 0 bridgehead atoms. The highest BCUT2D eigenvalue weighted by Gasteiger charge is 2.22. The van der Waals surface area contributed by atoms with Crippen molar-refractivity contribution in [2.75, 3.05) is 13.7 Å². The van der Waals surface area contributed by atoms with Crippen molar-refractivity contribution in [3.63, 3.8) is 0 Å². The minimum atomic E-state index is -1.11. The molecule has 2 aromatic carbocycles. The van der Waals surface area contributed by atoms with Crippen LogP contribution in [0.3, 0.4) is 0 Å². The lowest BCUT2D eigenvalue weighted by Crippen LogP contribution is -2.99. The fourth-order valence-electron chi connectivity index (χ4n) is 2.94. The summed E-state index contributed by atoms with van der Waals surface area (Å²) in [5, 5.41) is 42.7. The molecule has 2 amide bonds. The van der Waals surface area contributed by atoms with E-state index in [2.05, 4.69) is 10.6 Å². The Bertz CT molecular complexity index is 932. The molecule has 2 rings (SSSR count). The summed E-state index contributed by atoms with van der Waals surface area (Å²) in [6, 6.07) is 9.92. The summed E-state index contributed by atoms with van der Waals surface area (Å²) in [5.41, 5.74) is 0.653. The lowest BCUT2D eigenvalue weighted by molar-refractivity contribution is -0.991. The first kappa shape index (κ1) is 25.9. The van der Waals surface area contributed by atoms with E-state index in [1.165, 1.54) is 55.6 Å². The van der Waals surface area contributed by atoms with Gasteiger partial charge in [-0.2, -0.15) is 10.5 Å². The van der Waals surface area contributed by atoms with Crippen LogP contribution in [0.4, 0.5) is 11.4 Å². The second-order valence-corrected chi connectivity index (χ2v) is 7.07. The first-order valence-corrected chi connectivity index (χ1v) is 10.1. The van der Waals surface area contributed by atoms with Crippen molar-refractivity contribution in [1.29, 1.82) is 0 Å². The van der Waals surface area contributed by atoms with E-state index in [9.17, 15) is 24.8 Å². The van der Waals surface area contributed by atoms with E-state index in [-0.39, 0.29) is 29.3 Å². The molecule has 0 aliphatic rings.